The molecular formula is C18H24N2O2. The van der Waals surface area contributed by atoms with Crippen LogP contribution >= 0.6 is 0 Å². The van der Waals surface area contributed by atoms with Crippen molar-refractivity contribution in [1.29, 1.82) is 0 Å². The zero-order valence-electron chi connectivity index (χ0n) is 13.7. The minimum atomic E-state index is 0.102. The highest BCUT2D eigenvalue weighted by molar-refractivity contribution is 5.94. The lowest BCUT2D eigenvalue weighted by Crippen LogP contribution is -2.44. The average Bonchev–Trinajstić information content (AvgIpc) is 2.72. The van der Waals surface area contributed by atoms with Crippen LogP contribution in [0.3, 0.4) is 0 Å². The van der Waals surface area contributed by atoms with Gasteiger partial charge in [-0.15, -0.1) is 0 Å². The molecule has 2 amide bonds. The Morgan fingerprint density at radius 3 is 2.18 bits per heavy atom. The molecule has 1 aromatic rings. The molecule has 0 aromatic heterocycles. The van der Waals surface area contributed by atoms with Crippen molar-refractivity contribution in [2.24, 2.45) is 5.41 Å². The molecule has 0 unspecified atom stereocenters. The second kappa shape index (κ2) is 5.41. The monoisotopic (exact) mass is 300 g/mol. The highest BCUT2D eigenvalue weighted by Gasteiger charge is 2.44. The Labute approximate surface area is 132 Å². The molecule has 0 N–H and O–H groups in total. The van der Waals surface area contributed by atoms with Crippen molar-refractivity contribution in [1.82, 2.24) is 9.80 Å². The van der Waals surface area contributed by atoms with Crippen molar-refractivity contribution in [3.05, 3.63) is 34.9 Å². The maximum Gasteiger partial charge on any atom is 0.253 e. The first-order chi connectivity index (χ1) is 10.4. The number of benzene rings is 1. The van der Waals surface area contributed by atoms with Gasteiger partial charge in [-0.3, -0.25) is 9.59 Å². The van der Waals surface area contributed by atoms with Crippen LogP contribution in [0.1, 0.15) is 40.7 Å². The first kappa shape index (κ1) is 15.1. The minimum absolute atomic E-state index is 0.102. The summed E-state index contributed by atoms with van der Waals surface area (Å²) in [6, 6.07) is 6.01. The Kier molecular flexibility index (Phi) is 3.71. The summed E-state index contributed by atoms with van der Waals surface area (Å²) in [5, 5.41) is 0. The number of nitrogens with zero attached hydrogens (tertiary/aromatic N) is 2. The lowest BCUT2D eigenvalue weighted by Gasteiger charge is -2.38. The zero-order chi connectivity index (χ0) is 15.9. The van der Waals surface area contributed by atoms with Crippen LogP contribution in [0.25, 0.3) is 0 Å². The van der Waals surface area contributed by atoms with Crippen LogP contribution < -0.4 is 0 Å². The van der Waals surface area contributed by atoms with Crippen LogP contribution in [0.5, 0.6) is 0 Å². The van der Waals surface area contributed by atoms with E-state index in [0.29, 0.717) is 6.42 Å². The van der Waals surface area contributed by atoms with Gasteiger partial charge in [0.05, 0.1) is 0 Å². The molecule has 1 aromatic carbocycles. The summed E-state index contributed by atoms with van der Waals surface area (Å²) in [7, 11) is 1.88. The number of hydrogen-bond donors (Lipinski definition) is 0. The summed E-state index contributed by atoms with van der Waals surface area (Å²) in [4.78, 5) is 28.3. The van der Waals surface area contributed by atoms with Crippen LogP contribution in [-0.4, -0.2) is 48.3 Å². The Bertz CT molecular complexity index is 595. The number of piperidine rings is 1. The fraction of sp³-hybridized carbons (Fsp3) is 0.556. The molecule has 0 radical (unpaired) electrons. The number of carbonyl (C=O) groups excluding carboxylic acids is 2. The van der Waals surface area contributed by atoms with Crippen molar-refractivity contribution in [3.63, 3.8) is 0 Å². The molecule has 2 heterocycles. The third-order valence-corrected chi connectivity index (χ3v) is 5.10. The highest BCUT2D eigenvalue weighted by atomic mass is 16.2. The highest BCUT2D eigenvalue weighted by Crippen LogP contribution is 2.40. The van der Waals surface area contributed by atoms with E-state index in [4.69, 9.17) is 0 Å². The predicted molar refractivity (Wildman–Crippen MR) is 85.7 cm³/mol. The summed E-state index contributed by atoms with van der Waals surface area (Å²) in [5.41, 5.74) is 3.14. The van der Waals surface area contributed by atoms with E-state index in [1.165, 1.54) is 0 Å². The minimum Gasteiger partial charge on any atom is -0.345 e. The average molecular weight is 300 g/mol. The fourth-order valence-corrected chi connectivity index (χ4v) is 3.90. The molecular weight excluding hydrogens is 276 g/mol. The quantitative estimate of drug-likeness (QED) is 0.799. The van der Waals surface area contributed by atoms with Crippen LogP contribution in [0.15, 0.2) is 18.2 Å². The van der Waals surface area contributed by atoms with Gasteiger partial charge in [0, 0.05) is 44.1 Å². The molecule has 4 nitrogen and oxygen atoms in total. The van der Waals surface area contributed by atoms with E-state index in [-0.39, 0.29) is 17.2 Å². The zero-order valence-corrected chi connectivity index (χ0v) is 13.7. The van der Waals surface area contributed by atoms with Crippen molar-refractivity contribution in [3.8, 4) is 0 Å². The smallest absolute Gasteiger partial charge is 0.253 e. The van der Waals surface area contributed by atoms with E-state index in [1.54, 1.807) is 0 Å². The maximum absolute atomic E-state index is 12.7. The van der Waals surface area contributed by atoms with Gasteiger partial charge in [0.25, 0.3) is 5.91 Å². The van der Waals surface area contributed by atoms with Crippen molar-refractivity contribution in [2.75, 3.05) is 26.7 Å². The van der Waals surface area contributed by atoms with Gasteiger partial charge < -0.3 is 9.80 Å². The van der Waals surface area contributed by atoms with E-state index < -0.39 is 0 Å². The first-order valence-electron chi connectivity index (χ1n) is 8.00. The van der Waals surface area contributed by atoms with Gasteiger partial charge in [0.1, 0.15) is 0 Å². The summed E-state index contributed by atoms with van der Waals surface area (Å²) < 4.78 is 0. The molecule has 0 atom stereocenters. The molecule has 2 fully saturated rings. The lowest BCUT2D eigenvalue weighted by atomic mass is 9.77. The standard InChI is InChI=1S/C18H24N2O2/c1-13-8-14(2)10-15(9-13)17(22)20-6-4-18(5-7-20)11-16(21)19(3)12-18/h8-10H,4-7,11-12H2,1-3H3. The molecule has 2 saturated heterocycles. The molecule has 0 saturated carbocycles. The molecule has 0 aliphatic carbocycles. The molecule has 0 bridgehead atoms. The number of hydrogen-bond acceptors (Lipinski definition) is 2. The van der Waals surface area contributed by atoms with E-state index in [9.17, 15) is 9.59 Å². The Morgan fingerprint density at radius 2 is 1.68 bits per heavy atom. The molecule has 1 spiro atoms. The second-order valence-corrected chi connectivity index (χ2v) is 7.10. The number of likely N-dealkylation sites (tertiary alicyclic amines) is 2. The largest absolute Gasteiger partial charge is 0.345 e. The van der Waals surface area contributed by atoms with E-state index in [0.717, 1.165) is 49.2 Å². The normalized spacial score (nSPS) is 20.8. The van der Waals surface area contributed by atoms with Crippen molar-refractivity contribution >= 4 is 11.8 Å². The van der Waals surface area contributed by atoms with Crippen molar-refractivity contribution < 1.29 is 9.59 Å². The van der Waals surface area contributed by atoms with Gasteiger partial charge in [-0.25, -0.2) is 0 Å². The number of aryl methyl sites for hydroxylation is 2. The molecule has 2 aliphatic rings. The van der Waals surface area contributed by atoms with Gasteiger partial charge in [0.15, 0.2) is 0 Å². The van der Waals surface area contributed by atoms with Gasteiger partial charge in [-0.1, -0.05) is 17.2 Å². The molecule has 22 heavy (non-hydrogen) atoms. The van der Waals surface area contributed by atoms with Crippen LogP contribution in [-0.2, 0) is 4.79 Å². The number of rotatable bonds is 1. The third kappa shape index (κ3) is 2.74. The van der Waals surface area contributed by atoms with Gasteiger partial charge >= 0.3 is 0 Å². The fourth-order valence-electron chi connectivity index (χ4n) is 3.90. The van der Waals surface area contributed by atoms with E-state index in [2.05, 4.69) is 6.07 Å². The number of amides is 2. The van der Waals surface area contributed by atoms with Gasteiger partial charge in [-0.2, -0.15) is 0 Å². The summed E-state index contributed by atoms with van der Waals surface area (Å²) in [5.74, 6) is 0.369. The van der Waals surface area contributed by atoms with Crippen LogP contribution in [0.2, 0.25) is 0 Å². The molecule has 118 valence electrons. The molecule has 3 rings (SSSR count). The first-order valence-corrected chi connectivity index (χ1v) is 8.00. The molecule has 2 aliphatic heterocycles. The van der Waals surface area contributed by atoms with Crippen LogP contribution in [0.4, 0.5) is 0 Å². The van der Waals surface area contributed by atoms with Crippen molar-refractivity contribution in [2.45, 2.75) is 33.1 Å². The van der Waals surface area contributed by atoms with E-state index >= 15 is 0 Å². The lowest BCUT2D eigenvalue weighted by molar-refractivity contribution is -0.126. The Balaban J connectivity index is 1.69. The second-order valence-electron chi connectivity index (χ2n) is 7.10. The topological polar surface area (TPSA) is 40.6 Å². The van der Waals surface area contributed by atoms with Gasteiger partial charge in [0.2, 0.25) is 5.91 Å². The summed E-state index contributed by atoms with van der Waals surface area (Å²) in [6.07, 6.45) is 2.51. The van der Waals surface area contributed by atoms with Gasteiger partial charge in [-0.05, 0) is 38.8 Å². The Morgan fingerprint density at radius 1 is 1.09 bits per heavy atom. The maximum atomic E-state index is 12.7. The van der Waals surface area contributed by atoms with Crippen LogP contribution in [0, 0.1) is 19.3 Å². The summed E-state index contributed by atoms with van der Waals surface area (Å²) in [6.45, 7) is 6.40. The SMILES string of the molecule is Cc1cc(C)cc(C(=O)N2CCC3(CC2)CC(=O)N(C)C3)c1. The van der Waals surface area contributed by atoms with E-state index in [1.807, 2.05) is 42.8 Å². The number of carbonyl (C=O) groups is 2. The predicted octanol–water partition coefficient (Wildman–Crippen LogP) is 2.39. The summed E-state index contributed by atoms with van der Waals surface area (Å²) >= 11 is 0. The third-order valence-electron chi connectivity index (χ3n) is 5.10. The molecule has 4 heteroatoms. The Hall–Kier alpha value is -1.84.